The summed E-state index contributed by atoms with van der Waals surface area (Å²) in [6.07, 6.45) is 15.7. The molecular weight excluding hydrogens is 286 g/mol. The zero-order valence-electron chi connectivity index (χ0n) is 15.9. The Balaban J connectivity index is 0.00000220. The summed E-state index contributed by atoms with van der Waals surface area (Å²) >= 11 is 0. The van der Waals surface area contributed by atoms with E-state index in [2.05, 4.69) is 78.3 Å². The Hall–Kier alpha value is 0.700. The molecule has 22 heavy (non-hydrogen) atoms. The van der Waals surface area contributed by atoms with Gasteiger partial charge < -0.3 is 0 Å². The maximum absolute atomic E-state index is 2.35. The molecule has 0 aromatic carbocycles. The van der Waals surface area contributed by atoms with Crippen molar-refractivity contribution in [2.24, 2.45) is 10.8 Å². The molecule has 0 fully saturated rings. The van der Waals surface area contributed by atoms with Crippen LogP contribution in [0.3, 0.4) is 0 Å². The molecule has 0 bridgehead atoms. The molecule has 0 spiro atoms. The zero-order chi connectivity index (χ0) is 15.0. The molecule has 110 valence electrons. The molecule has 0 saturated carbocycles. The Morgan fingerprint density at radius 1 is 1.00 bits per heavy atom. The first-order valence-corrected chi connectivity index (χ1v) is 7.68. The van der Waals surface area contributed by atoms with Crippen LogP contribution >= 0.6 is 0 Å². The van der Waals surface area contributed by atoms with E-state index >= 15 is 0 Å². The molecule has 0 nitrogen and oxygen atoms in total. The molecule has 0 radical (unpaired) electrons. The fourth-order valence-corrected chi connectivity index (χ4v) is 3.15. The van der Waals surface area contributed by atoms with Gasteiger partial charge in [0, 0.05) is 0 Å². The largest absolute Gasteiger partial charge is 1.00 e. The van der Waals surface area contributed by atoms with E-state index in [1.54, 1.807) is 11.5 Å². The minimum Gasteiger partial charge on any atom is -0.265 e. The third-order valence-corrected chi connectivity index (χ3v) is 4.01. The fourth-order valence-electron chi connectivity index (χ4n) is 3.15. The Morgan fingerprint density at radius 2 is 1.64 bits per heavy atom. The maximum atomic E-state index is 2.35. The van der Waals surface area contributed by atoms with E-state index in [9.17, 15) is 0 Å². The summed E-state index contributed by atoms with van der Waals surface area (Å²) in [4.78, 5) is 0. The van der Waals surface area contributed by atoms with E-state index in [1.807, 2.05) is 0 Å². The van der Waals surface area contributed by atoms with Gasteiger partial charge in [-0.05, 0) is 5.41 Å². The average molecular weight is 314 g/mol. The van der Waals surface area contributed by atoms with E-state index in [4.69, 9.17) is 0 Å². The summed E-state index contributed by atoms with van der Waals surface area (Å²) in [6, 6.07) is 0. The molecule has 0 unspecified atom stereocenters. The van der Waals surface area contributed by atoms with E-state index in [0.717, 1.165) is 12.8 Å². The van der Waals surface area contributed by atoms with Crippen molar-refractivity contribution in [1.82, 2.24) is 0 Å². The third kappa shape index (κ3) is 5.36. The van der Waals surface area contributed by atoms with Crippen LogP contribution in [0.4, 0.5) is 0 Å². The minimum atomic E-state index is 0. The molecule has 0 atom stereocenters. The van der Waals surface area contributed by atoms with Crippen LogP contribution in [-0.2, 0) is 0 Å². The normalized spacial score (nSPS) is 18.3. The quantitative estimate of drug-likeness (QED) is 0.472. The smallest absolute Gasteiger partial charge is 0.265 e. The van der Waals surface area contributed by atoms with Crippen molar-refractivity contribution in [2.75, 3.05) is 0 Å². The van der Waals surface area contributed by atoms with Crippen molar-refractivity contribution in [1.29, 1.82) is 0 Å². The SMILES string of the molecule is CC(C)(C)C1=C(C(C)(C)C)[C-](C2=CC=C[CH-]C2)CC=C1.[Na+].[Na+]. The molecule has 0 saturated heterocycles. The van der Waals surface area contributed by atoms with Gasteiger partial charge >= 0.3 is 59.1 Å². The molecule has 0 amide bonds. The fraction of sp³-hybridized carbons (Fsp3) is 0.500. The summed E-state index contributed by atoms with van der Waals surface area (Å²) in [6.45, 7) is 14.0. The molecule has 2 aliphatic carbocycles. The number of hydrogen-bond donors (Lipinski definition) is 0. The maximum Gasteiger partial charge on any atom is 1.00 e. The van der Waals surface area contributed by atoms with Crippen molar-refractivity contribution < 1.29 is 59.1 Å². The van der Waals surface area contributed by atoms with Crippen LogP contribution in [0.1, 0.15) is 54.4 Å². The number of rotatable bonds is 1. The van der Waals surface area contributed by atoms with Crippen LogP contribution < -0.4 is 59.1 Å². The van der Waals surface area contributed by atoms with Crippen molar-refractivity contribution in [3.8, 4) is 0 Å². The molecule has 2 aliphatic rings. The van der Waals surface area contributed by atoms with Crippen LogP contribution in [0, 0.1) is 23.2 Å². The zero-order valence-corrected chi connectivity index (χ0v) is 19.9. The summed E-state index contributed by atoms with van der Waals surface area (Å²) in [7, 11) is 0. The second-order valence-corrected chi connectivity index (χ2v) is 7.89. The Kier molecular flexibility index (Phi) is 8.97. The van der Waals surface area contributed by atoms with Crippen LogP contribution in [0.5, 0.6) is 0 Å². The molecule has 0 aliphatic heterocycles. The summed E-state index contributed by atoms with van der Waals surface area (Å²) in [5, 5.41) is 0. The first-order valence-electron chi connectivity index (χ1n) is 7.68. The van der Waals surface area contributed by atoms with E-state index in [1.165, 1.54) is 11.1 Å². The van der Waals surface area contributed by atoms with Gasteiger partial charge in [-0.15, -0.1) is 29.2 Å². The van der Waals surface area contributed by atoms with E-state index < -0.39 is 0 Å². The Bertz CT molecular complexity index is 491. The van der Waals surface area contributed by atoms with Gasteiger partial charge in [-0.2, -0.15) is 5.57 Å². The predicted molar refractivity (Wildman–Crippen MR) is 89.1 cm³/mol. The number of allylic oxidation sites excluding steroid dienone is 8. The predicted octanol–water partition coefficient (Wildman–Crippen LogP) is 0.00818. The van der Waals surface area contributed by atoms with Gasteiger partial charge in [0.1, 0.15) is 0 Å². The Labute approximate surface area is 182 Å². The van der Waals surface area contributed by atoms with Crippen molar-refractivity contribution in [2.45, 2.75) is 54.4 Å². The van der Waals surface area contributed by atoms with Gasteiger partial charge in [0.25, 0.3) is 0 Å². The first kappa shape index (κ1) is 22.7. The second kappa shape index (κ2) is 8.70. The van der Waals surface area contributed by atoms with Gasteiger partial charge in [-0.1, -0.05) is 59.8 Å². The van der Waals surface area contributed by atoms with Crippen molar-refractivity contribution >= 4 is 0 Å². The molecule has 2 rings (SSSR count). The average Bonchev–Trinajstić information content (AvgIpc) is 2.37. The molecular formula is C20H28Na2. The standard InChI is InChI=1S/C20H28.2Na/c1-19(2,3)17-14-10-13-16(18(17)20(4,5)6)15-11-8-7-9-12-15;;/h7-11,14H,12-13H2,1-6H3;;/q-2;2*+1. The first-order chi connectivity index (χ1) is 9.21. The third-order valence-electron chi connectivity index (χ3n) is 4.01. The number of hydrogen-bond acceptors (Lipinski definition) is 0. The minimum absolute atomic E-state index is 0. The molecule has 0 aromatic heterocycles. The van der Waals surface area contributed by atoms with E-state index in [-0.39, 0.29) is 69.9 Å². The molecule has 0 N–H and O–H groups in total. The van der Waals surface area contributed by atoms with Crippen molar-refractivity contribution in [3.05, 3.63) is 59.4 Å². The second-order valence-electron chi connectivity index (χ2n) is 7.89. The van der Waals surface area contributed by atoms with Crippen LogP contribution in [0.2, 0.25) is 0 Å². The summed E-state index contributed by atoms with van der Waals surface area (Å²) in [5.74, 6) is 1.55. The van der Waals surface area contributed by atoms with Gasteiger partial charge in [-0.3, -0.25) is 6.08 Å². The summed E-state index contributed by atoms with van der Waals surface area (Å²) < 4.78 is 0. The van der Waals surface area contributed by atoms with Gasteiger partial charge in [-0.25, -0.2) is 18.6 Å². The Morgan fingerprint density at radius 3 is 2.09 bits per heavy atom. The van der Waals surface area contributed by atoms with Gasteiger partial charge in [0.05, 0.1) is 0 Å². The van der Waals surface area contributed by atoms with Crippen LogP contribution in [0.15, 0.2) is 47.1 Å². The molecule has 2 heteroatoms. The molecule has 0 heterocycles. The van der Waals surface area contributed by atoms with Crippen molar-refractivity contribution in [3.63, 3.8) is 0 Å². The van der Waals surface area contributed by atoms with Gasteiger partial charge in [0.2, 0.25) is 0 Å². The molecule has 0 aromatic rings. The van der Waals surface area contributed by atoms with Crippen LogP contribution in [0.25, 0.3) is 0 Å². The van der Waals surface area contributed by atoms with Crippen LogP contribution in [-0.4, -0.2) is 0 Å². The summed E-state index contributed by atoms with van der Waals surface area (Å²) in [5.41, 5.74) is 4.93. The van der Waals surface area contributed by atoms with Gasteiger partial charge in [0.15, 0.2) is 0 Å². The van der Waals surface area contributed by atoms with E-state index in [0.29, 0.717) is 0 Å². The topological polar surface area (TPSA) is 0 Å². The monoisotopic (exact) mass is 314 g/mol.